The first-order chi connectivity index (χ1) is 14.2. The normalized spacial score (nSPS) is 16.4. The zero-order chi connectivity index (χ0) is 21.9. The highest BCUT2D eigenvalue weighted by atomic mass is 35.5. The monoisotopic (exact) mass is 460 g/mol. The quantitative estimate of drug-likeness (QED) is 0.678. The van der Waals surface area contributed by atoms with Gasteiger partial charge in [-0.3, -0.25) is 9.59 Å². The van der Waals surface area contributed by atoms with E-state index in [1.165, 1.54) is 16.2 Å². The number of hydrogen-bond donors (Lipinski definition) is 1. The first kappa shape index (κ1) is 22.1. The standard InChI is InChI=1S/C19H16ClF3N2O4S/c20-12-6-5-11(19(21,22)23)9-13(12)24-16(26)10-29-18(28)14-3-1-7-25(14)17(27)15-4-2-8-30-15/h2,4-6,8-9,14H,1,3,7,10H2,(H,24,26)/t14-/m0/s1. The molecule has 1 aromatic heterocycles. The van der Waals surface area contributed by atoms with Gasteiger partial charge in [0.25, 0.3) is 11.8 Å². The molecule has 1 aliphatic heterocycles. The number of carbonyl (C=O) groups is 3. The molecule has 2 amide bonds. The van der Waals surface area contributed by atoms with E-state index in [1.807, 2.05) is 0 Å². The number of ether oxygens (including phenoxy) is 1. The average Bonchev–Trinajstić information content (AvgIpc) is 3.38. The molecule has 0 radical (unpaired) electrons. The molecule has 0 aliphatic carbocycles. The van der Waals surface area contributed by atoms with Crippen molar-refractivity contribution in [3.8, 4) is 0 Å². The highest BCUT2D eigenvalue weighted by Gasteiger charge is 2.36. The van der Waals surface area contributed by atoms with Crippen LogP contribution in [0.25, 0.3) is 0 Å². The predicted octanol–water partition coefficient (Wildman–Crippen LogP) is 4.21. The van der Waals surface area contributed by atoms with Crippen LogP contribution in [-0.4, -0.2) is 41.9 Å². The molecule has 30 heavy (non-hydrogen) atoms. The van der Waals surface area contributed by atoms with Gasteiger partial charge in [0.05, 0.1) is 21.2 Å². The first-order valence-electron chi connectivity index (χ1n) is 8.84. The molecule has 6 nitrogen and oxygen atoms in total. The number of anilines is 1. The second-order valence-corrected chi connectivity index (χ2v) is 7.84. The van der Waals surface area contributed by atoms with Gasteiger partial charge in [-0.25, -0.2) is 4.79 Å². The molecule has 0 spiro atoms. The van der Waals surface area contributed by atoms with E-state index in [-0.39, 0.29) is 16.6 Å². The third-order valence-electron chi connectivity index (χ3n) is 4.43. The van der Waals surface area contributed by atoms with Crippen molar-refractivity contribution in [3.05, 3.63) is 51.2 Å². The van der Waals surface area contributed by atoms with E-state index in [0.717, 1.165) is 12.1 Å². The molecule has 1 saturated heterocycles. The van der Waals surface area contributed by atoms with E-state index in [2.05, 4.69) is 5.32 Å². The van der Waals surface area contributed by atoms with Crippen molar-refractivity contribution in [2.75, 3.05) is 18.5 Å². The van der Waals surface area contributed by atoms with Gasteiger partial charge < -0.3 is 15.0 Å². The Morgan fingerprint density at radius 1 is 1.27 bits per heavy atom. The van der Waals surface area contributed by atoms with Gasteiger partial charge in [-0.2, -0.15) is 13.2 Å². The number of halogens is 4. The topological polar surface area (TPSA) is 75.7 Å². The van der Waals surface area contributed by atoms with Crippen molar-refractivity contribution >= 4 is 46.4 Å². The fraction of sp³-hybridized carbons (Fsp3) is 0.316. The third kappa shape index (κ3) is 5.11. The van der Waals surface area contributed by atoms with E-state index >= 15 is 0 Å². The summed E-state index contributed by atoms with van der Waals surface area (Å²) < 4.78 is 43.4. The van der Waals surface area contributed by atoms with Crippen LogP contribution in [0.5, 0.6) is 0 Å². The molecule has 160 valence electrons. The van der Waals surface area contributed by atoms with Crippen molar-refractivity contribution in [1.82, 2.24) is 4.90 Å². The summed E-state index contributed by atoms with van der Waals surface area (Å²) in [6.07, 6.45) is -3.59. The largest absolute Gasteiger partial charge is 0.454 e. The van der Waals surface area contributed by atoms with Crippen molar-refractivity contribution in [2.45, 2.75) is 25.1 Å². The molecular weight excluding hydrogens is 445 g/mol. The van der Waals surface area contributed by atoms with Gasteiger partial charge in [0.15, 0.2) is 6.61 Å². The first-order valence-corrected chi connectivity index (χ1v) is 10.1. The zero-order valence-electron chi connectivity index (χ0n) is 15.4. The summed E-state index contributed by atoms with van der Waals surface area (Å²) in [7, 11) is 0. The Morgan fingerprint density at radius 3 is 2.70 bits per heavy atom. The summed E-state index contributed by atoms with van der Waals surface area (Å²) in [4.78, 5) is 38.8. The molecule has 0 bridgehead atoms. The van der Waals surface area contributed by atoms with Crippen molar-refractivity contribution in [2.24, 2.45) is 0 Å². The highest BCUT2D eigenvalue weighted by Crippen LogP contribution is 2.33. The maximum atomic E-state index is 12.8. The van der Waals surface area contributed by atoms with Crippen molar-refractivity contribution < 1.29 is 32.3 Å². The lowest BCUT2D eigenvalue weighted by atomic mass is 10.2. The Labute approximate surface area is 178 Å². The SMILES string of the molecule is O=C(COC(=O)[C@@H]1CCCN1C(=O)c1cccs1)Nc1cc(C(F)(F)F)ccc1Cl. The predicted molar refractivity (Wildman–Crippen MR) is 104 cm³/mol. The lowest BCUT2D eigenvalue weighted by Crippen LogP contribution is -2.41. The Kier molecular flexibility index (Phi) is 6.67. The Bertz CT molecular complexity index is 950. The van der Waals surface area contributed by atoms with Gasteiger partial charge in [0, 0.05) is 6.54 Å². The van der Waals surface area contributed by atoms with Crippen LogP contribution in [0.2, 0.25) is 5.02 Å². The molecule has 2 aromatic rings. The fourth-order valence-electron chi connectivity index (χ4n) is 3.01. The van der Waals surface area contributed by atoms with Gasteiger partial charge in [-0.05, 0) is 42.5 Å². The van der Waals surface area contributed by atoms with Crippen LogP contribution in [0.1, 0.15) is 28.1 Å². The summed E-state index contributed by atoms with van der Waals surface area (Å²) in [5.74, 6) is -1.88. The minimum absolute atomic E-state index is 0.0915. The number of esters is 1. The molecule has 2 heterocycles. The van der Waals surface area contributed by atoms with E-state index in [4.69, 9.17) is 16.3 Å². The summed E-state index contributed by atoms with van der Waals surface area (Å²) in [6, 6.07) is 5.06. The average molecular weight is 461 g/mol. The van der Waals surface area contributed by atoms with E-state index in [9.17, 15) is 27.6 Å². The van der Waals surface area contributed by atoms with Crippen LogP contribution in [0, 0.1) is 0 Å². The number of rotatable bonds is 5. The minimum Gasteiger partial charge on any atom is -0.454 e. The van der Waals surface area contributed by atoms with E-state index in [0.29, 0.717) is 30.3 Å². The van der Waals surface area contributed by atoms with Gasteiger partial charge >= 0.3 is 12.1 Å². The molecule has 3 rings (SSSR count). The zero-order valence-corrected chi connectivity index (χ0v) is 16.9. The molecular formula is C19H16ClF3N2O4S. The number of thiophene rings is 1. The van der Waals surface area contributed by atoms with Crippen LogP contribution in [0.15, 0.2) is 35.7 Å². The maximum absolute atomic E-state index is 12.8. The summed E-state index contributed by atoms with van der Waals surface area (Å²) in [6.45, 7) is -0.328. The lowest BCUT2D eigenvalue weighted by molar-refractivity contribution is -0.151. The van der Waals surface area contributed by atoms with E-state index < -0.39 is 36.3 Å². The molecule has 1 N–H and O–H groups in total. The van der Waals surface area contributed by atoms with Crippen LogP contribution in [-0.2, 0) is 20.5 Å². The second kappa shape index (κ2) is 9.05. The molecule has 1 atom stereocenters. The Hall–Kier alpha value is -2.59. The number of likely N-dealkylation sites (tertiary alicyclic amines) is 1. The number of alkyl halides is 3. The summed E-state index contributed by atoms with van der Waals surface area (Å²) >= 11 is 7.08. The van der Waals surface area contributed by atoms with Crippen LogP contribution in [0.4, 0.5) is 18.9 Å². The Morgan fingerprint density at radius 2 is 2.03 bits per heavy atom. The van der Waals surface area contributed by atoms with Crippen molar-refractivity contribution in [3.63, 3.8) is 0 Å². The summed E-state index contributed by atoms with van der Waals surface area (Å²) in [5, 5.41) is 3.86. The third-order valence-corrected chi connectivity index (χ3v) is 5.62. The van der Waals surface area contributed by atoms with E-state index in [1.54, 1.807) is 17.5 Å². The fourth-order valence-corrected chi connectivity index (χ4v) is 3.86. The number of amides is 2. The number of nitrogens with one attached hydrogen (secondary N) is 1. The molecule has 0 unspecified atom stereocenters. The molecule has 1 aromatic carbocycles. The lowest BCUT2D eigenvalue weighted by Gasteiger charge is -2.22. The molecule has 0 saturated carbocycles. The van der Waals surface area contributed by atoms with Gasteiger partial charge in [-0.15, -0.1) is 11.3 Å². The number of benzene rings is 1. The molecule has 11 heteroatoms. The van der Waals surface area contributed by atoms with Gasteiger partial charge in [-0.1, -0.05) is 17.7 Å². The number of hydrogen-bond acceptors (Lipinski definition) is 5. The number of nitrogens with zero attached hydrogens (tertiary/aromatic N) is 1. The highest BCUT2D eigenvalue weighted by molar-refractivity contribution is 7.12. The smallest absolute Gasteiger partial charge is 0.416 e. The van der Waals surface area contributed by atoms with Crippen LogP contribution >= 0.6 is 22.9 Å². The summed E-state index contributed by atoms with van der Waals surface area (Å²) in [5.41, 5.74) is -1.23. The van der Waals surface area contributed by atoms with Crippen LogP contribution < -0.4 is 5.32 Å². The van der Waals surface area contributed by atoms with Gasteiger partial charge in [0.1, 0.15) is 6.04 Å². The number of carbonyl (C=O) groups excluding carboxylic acids is 3. The second-order valence-electron chi connectivity index (χ2n) is 6.48. The van der Waals surface area contributed by atoms with Crippen molar-refractivity contribution in [1.29, 1.82) is 0 Å². The minimum atomic E-state index is -4.60. The van der Waals surface area contributed by atoms with Crippen LogP contribution in [0.3, 0.4) is 0 Å². The Balaban J connectivity index is 1.58. The molecule has 1 aliphatic rings. The maximum Gasteiger partial charge on any atom is 0.416 e. The molecule has 1 fully saturated rings. The van der Waals surface area contributed by atoms with Gasteiger partial charge in [0.2, 0.25) is 0 Å².